The Bertz CT molecular complexity index is 336. The van der Waals surface area contributed by atoms with Crippen molar-refractivity contribution in [3.8, 4) is 0 Å². The summed E-state index contributed by atoms with van der Waals surface area (Å²) in [5, 5.41) is 12.2. The van der Waals surface area contributed by atoms with Gasteiger partial charge in [0.1, 0.15) is 0 Å². The third-order valence-corrected chi connectivity index (χ3v) is 4.02. The summed E-state index contributed by atoms with van der Waals surface area (Å²) in [4.78, 5) is 25.4. The van der Waals surface area contributed by atoms with E-state index in [1.165, 1.54) is 0 Å². The molecule has 2 amide bonds. The van der Waals surface area contributed by atoms with Crippen LogP contribution in [0.3, 0.4) is 0 Å². The van der Waals surface area contributed by atoms with Crippen LogP contribution in [0, 0.1) is 0 Å². The molecular formula is C15H28N2O3. The molecule has 1 fully saturated rings. The van der Waals surface area contributed by atoms with Crippen molar-refractivity contribution < 1.29 is 14.7 Å². The van der Waals surface area contributed by atoms with E-state index in [1.54, 1.807) is 4.90 Å². The Morgan fingerprint density at radius 1 is 1.25 bits per heavy atom. The molecule has 5 heteroatoms. The van der Waals surface area contributed by atoms with Gasteiger partial charge in [-0.3, -0.25) is 4.79 Å². The number of amides is 2. The number of carboxylic acids is 1. The zero-order valence-corrected chi connectivity index (χ0v) is 12.9. The average molecular weight is 284 g/mol. The molecule has 1 rings (SSSR count). The van der Waals surface area contributed by atoms with Crippen molar-refractivity contribution in [1.82, 2.24) is 10.2 Å². The van der Waals surface area contributed by atoms with Crippen LogP contribution >= 0.6 is 0 Å². The molecule has 0 aromatic carbocycles. The molecule has 0 unspecified atom stereocenters. The van der Waals surface area contributed by atoms with Crippen molar-refractivity contribution in [2.24, 2.45) is 0 Å². The lowest BCUT2D eigenvalue weighted by Crippen LogP contribution is -2.56. The van der Waals surface area contributed by atoms with Gasteiger partial charge < -0.3 is 15.3 Å². The van der Waals surface area contributed by atoms with Crippen molar-refractivity contribution in [1.29, 1.82) is 0 Å². The first kappa shape index (κ1) is 16.8. The van der Waals surface area contributed by atoms with E-state index in [9.17, 15) is 9.59 Å². The van der Waals surface area contributed by atoms with Crippen LogP contribution in [0.25, 0.3) is 0 Å². The number of carbonyl (C=O) groups excluding carboxylic acids is 1. The number of nitrogens with zero attached hydrogens (tertiary/aromatic N) is 1. The Morgan fingerprint density at radius 2 is 1.85 bits per heavy atom. The minimum Gasteiger partial charge on any atom is -0.481 e. The van der Waals surface area contributed by atoms with E-state index in [2.05, 4.69) is 5.32 Å². The van der Waals surface area contributed by atoms with Gasteiger partial charge in [0.15, 0.2) is 0 Å². The van der Waals surface area contributed by atoms with Crippen LogP contribution in [-0.4, -0.2) is 40.1 Å². The summed E-state index contributed by atoms with van der Waals surface area (Å²) in [6.45, 7) is 6.71. The molecule has 0 spiro atoms. The van der Waals surface area contributed by atoms with Gasteiger partial charge in [-0.25, -0.2) is 4.79 Å². The summed E-state index contributed by atoms with van der Waals surface area (Å²) in [6, 6.07) is 0.00502. The van der Waals surface area contributed by atoms with E-state index in [0.29, 0.717) is 6.54 Å². The smallest absolute Gasteiger partial charge is 0.318 e. The first-order valence-electron chi connectivity index (χ1n) is 7.71. The summed E-state index contributed by atoms with van der Waals surface area (Å²) in [6.07, 6.45) is 5.56. The molecule has 20 heavy (non-hydrogen) atoms. The lowest BCUT2D eigenvalue weighted by molar-refractivity contribution is -0.139. The molecule has 0 radical (unpaired) electrons. The Hall–Kier alpha value is -1.26. The molecule has 5 nitrogen and oxygen atoms in total. The standard InChI is InChI=1S/C15H28N2O3/c1-4-10-17(12(2)3)14(20)16-15(11-13(18)19)8-6-5-7-9-15/h12H,4-11H2,1-3H3,(H,16,20)(H,18,19). The second-order valence-electron chi connectivity index (χ2n) is 6.13. The van der Waals surface area contributed by atoms with Gasteiger partial charge in [0, 0.05) is 12.6 Å². The highest BCUT2D eigenvalue weighted by Gasteiger charge is 2.37. The van der Waals surface area contributed by atoms with Crippen molar-refractivity contribution in [2.75, 3.05) is 6.54 Å². The van der Waals surface area contributed by atoms with Gasteiger partial charge in [0.05, 0.1) is 12.0 Å². The highest BCUT2D eigenvalue weighted by molar-refractivity contribution is 5.77. The third kappa shape index (κ3) is 4.69. The fourth-order valence-electron chi connectivity index (χ4n) is 3.00. The Labute approximate surface area is 121 Å². The molecule has 1 aliphatic carbocycles. The predicted octanol–water partition coefficient (Wildman–Crippen LogP) is 2.99. The first-order chi connectivity index (χ1) is 9.40. The average Bonchev–Trinajstić information content (AvgIpc) is 2.35. The maximum absolute atomic E-state index is 12.5. The first-order valence-corrected chi connectivity index (χ1v) is 7.71. The minimum absolute atomic E-state index is 0.0246. The summed E-state index contributed by atoms with van der Waals surface area (Å²) >= 11 is 0. The fourth-order valence-corrected chi connectivity index (χ4v) is 3.00. The number of hydrogen-bond acceptors (Lipinski definition) is 2. The van der Waals surface area contributed by atoms with Crippen LogP contribution in [-0.2, 0) is 4.79 Å². The summed E-state index contributed by atoms with van der Waals surface area (Å²) in [5.41, 5.74) is -0.554. The minimum atomic E-state index is -0.834. The van der Waals surface area contributed by atoms with Crippen molar-refractivity contribution >= 4 is 12.0 Å². The molecule has 0 atom stereocenters. The van der Waals surface area contributed by atoms with Gasteiger partial charge in [-0.1, -0.05) is 26.2 Å². The summed E-state index contributed by atoms with van der Waals surface area (Å²) in [5.74, 6) is -0.834. The van der Waals surface area contributed by atoms with Crippen LogP contribution in [0.5, 0.6) is 0 Å². The van der Waals surface area contributed by atoms with Crippen LogP contribution in [0.4, 0.5) is 4.79 Å². The molecule has 0 saturated heterocycles. The van der Waals surface area contributed by atoms with Gasteiger partial charge in [-0.05, 0) is 33.1 Å². The van der Waals surface area contributed by atoms with Crippen molar-refractivity contribution in [3.05, 3.63) is 0 Å². The number of rotatable bonds is 6. The number of nitrogens with one attached hydrogen (secondary N) is 1. The topological polar surface area (TPSA) is 69.6 Å². The zero-order chi connectivity index (χ0) is 15.2. The van der Waals surface area contributed by atoms with E-state index < -0.39 is 11.5 Å². The van der Waals surface area contributed by atoms with E-state index in [0.717, 1.165) is 38.5 Å². The SMILES string of the molecule is CCCN(C(=O)NC1(CC(=O)O)CCCCC1)C(C)C. The molecule has 0 aromatic heterocycles. The lowest BCUT2D eigenvalue weighted by Gasteiger charge is -2.39. The van der Waals surface area contributed by atoms with Crippen molar-refractivity contribution in [3.63, 3.8) is 0 Å². The van der Waals surface area contributed by atoms with E-state index >= 15 is 0 Å². The maximum Gasteiger partial charge on any atom is 0.318 e. The van der Waals surface area contributed by atoms with E-state index in [-0.39, 0.29) is 18.5 Å². The highest BCUT2D eigenvalue weighted by atomic mass is 16.4. The molecule has 1 aliphatic rings. The van der Waals surface area contributed by atoms with Gasteiger partial charge in [-0.2, -0.15) is 0 Å². The van der Waals surface area contributed by atoms with Crippen LogP contribution in [0.15, 0.2) is 0 Å². The summed E-state index contributed by atoms with van der Waals surface area (Å²) in [7, 11) is 0. The molecule has 1 saturated carbocycles. The normalized spacial score (nSPS) is 17.8. The fraction of sp³-hybridized carbons (Fsp3) is 0.867. The molecular weight excluding hydrogens is 256 g/mol. The third-order valence-electron chi connectivity index (χ3n) is 4.02. The van der Waals surface area contributed by atoms with E-state index in [1.807, 2.05) is 20.8 Å². The Morgan fingerprint density at radius 3 is 2.30 bits per heavy atom. The lowest BCUT2D eigenvalue weighted by atomic mass is 9.79. The molecule has 0 bridgehead atoms. The highest BCUT2D eigenvalue weighted by Crippen LogP contribution is 2.31. The van der Waals surface area contributed by atoms with Crippen LogP contribution < -0.4 is 5.32 Å². The van der Waals surface area contributed by atoms with Gasteiger partial charge in [-0.15, -0.1) is 0 Å². The second kappa shape index (κ2) is 7.50. The maximum atomic E-state index is 12.5. The van der Waals surface area contributed by atoms with E-state index in [4.69, 9.17) is 5.11 Å². The van der Waals surface area contributed by atoms with Gasteiger partial charge >= 0.3 is 12.0 Å². The number of aliphatic carboxylic acids is 1. The number of carbonyl (C=O) groups is 2. The number of urea groups is 1. The Kier molecular flexibility index (Phi) is 6.30. The van der Waals surface area contributed by atoms with Crippen molar-refractivity contribution in [2.45, 2.75) is 77.3 Å². The van der Waals surface area contributed by atoms with Crippen LogP contribution in [0.1, 0.15) is 65.7 Å². The number of carboxylic acid groups (broad SMARTS) is 1. The second-order valence-corrected chi connectivity index (χ2v) is 6.13. The largest absolute Gasteiger partial charge is 0.481 e. The van der Waals surface area contributed by atoms with Crippen LogP contribution in [0.2, 0.25) is 0 Å². The molecule has 0 aromatic rings. The number of hydrogen-bond donors (Lipinski definition) is 2. The molecule has 0 aliphatic heterocycles. The van der Waals surface area contributed by atoms with Gasteiger partial charge in [0.2, 0.25) is 0 Å². The molecule has 2 N–H and O–H groups in total. The predicted molar refractivity (Wildman–Crippen MR) is 78.7 cm³/mol. The quantitative estimate of drug-likeness (QED) is 0.787. The van der Waals surface area contributed by atoms with Gasteiger partial charge in [0.25, 0.3) is 0 Å². The summed E-state index contributed by atoms with van der Waals surface area (Å²) < 4.78 is 0. The molecule has 0 heterocycles. The zero-order valence-electron chi connectivity index (χ0n) is 12.9. The Balaban J connectivity index is 2.77. The molecule has 116 valence electrons. The monoisotopic (exact) mass is 284 g/mol.